The average Bonchev–Trinajstić information content (AvgIpc) is 2.41. The highest BCUT2D eigenvalue weighted by Gasteiger charge is 2.15. The fourth-order valence-electron chi connectivity index (χ4n) is 1.48. The van der Waals surface area contributed by atoms with Crippen LogP contribution in [0.1, 0.15) is 0 Å². The molecule has 0 aliphatic carbocycles. The quantitative estimate of drug-likeness (QED) is 0.812. The lowest BCUT2D eigenvalue weighted by molar-refractivity contribution is 0.594. The first-order valence-corrected chi connectivity index (χ1v) is 7.09. The van der Waals surface area contributed by atoms with Gasteiger partial charge in [-0.05, 0) is 34.1 Å². The van der Waals surface area contributed by atoms with Crippen molar-refractivity contribution < 1.29 is 8.42 Å². The largest absolute Gasteiger partial charge is 0.237 e. The molecule has 6 heteroatoms. The Hall–Kier alpha value is -0.520. The van der Waals surface area contributed by atoms with Crippen molar-refractivity contribution in [1.82, 2.24) is 3.97 Å². The second-order valence-electron chi connectivity index (χ2n) is 3.17. The summed E-state index contributed by atoms with van der Waals surface area (Å²) >= 11 is 9.17. The molecule has 0 saturated carbocycles. The van der Waals surface area contributed by atoms with Gasteiger partial charge in [-0.15, -0.1) is 0 Å². The molecule has 0 bridgehead atoms. The number of nitrogens with zero attached hydrogens (tertiary/aromatic N) is 1. The molecule has 0 saturated heterocycles. The van der Waals surface area contributed by atoms with Crippen molar-refractivity contribution >= 4 is 48.5 Å². The molecular weight excluding hydrogens is 302 g/mol. The molecule has 0 amide bonds. The summed E-state index contributed by atoms with van der Waals surface area (Å²) in [5.74, 6) is 0. The first kappa shape index (κ1) is 11.0. The van der Waals surface area contributed by atoms with E-state index in [2.05, 4.69) is 15.9 Å². The lowest BCUT2D eigenvalue weighted by atomic mass is 10.2. The fraction of sp³-hybridized carbons (Fsp3) is 0.111. The Morgan fingerprint density at radius 2 is 2.07 bits per heavy atom. The maximum Gasteiger partial charge on any atom is 0.237 e. The number of halogens is 2. The summed E-state index contributed by atoms with van der Waals surface area (Å²) in [7, 11) is -3.32. The van der Waals surface area contributed by atoms with E-state index in [9.17, 15) is 8.42 Å². The highest BCUT2D eigenvalue weighted by Crippen LogP contribution is 2.30. The van der Waals surface area contributed by atoms with Gasteiger partial charge in [-0.25, -0.2) is 12.4 Å². The van der Waals surface area contributed by atoms with Gasteiger partial charge in [-0.1, -0.05) is 17.7 Å². The number of aromatic nitrogens is 1. The van der Waals surface area contributed by atoms with Crippen LogP contribution in [0.25, 0.3) is 10.9 Å². The summed E-state index contributed by atoms with van der Waals surface area (Å²) in [6.07, 6.45) is 1.15. The van der Waals surface area contributed by atoms with Crippen LogP contribution in [0.5, 0.6) is 0 Å². The smallest absolute Gasteiger partial charge is 0.231 e. The maximum atomic E-state index is 11.5. The molecule has 15 heavy (non-hydrogen) atoms. The summed E-state index contributed by atoms with van der Waals surface area (Å²) in [5.41, 5.74) is 0.580. The fourth-order valence-corrected chi connectivity index (χ4v) is 3.79. The molecule has 3 nitrogen and oxygen atoms in total. The van der Waals surface area contributed by atoms with Crippen LogP contribution in [-0.2, 0) is 10.0 Å². The van der Waals surface area contributed by atoms with Gasteiger partial charge >= 0.3 is 0 Å². The average molecular weight is 309 g/mol. The maximum absolute atomic E-state index is 11.5. The number of benzene rings is 1. The lowest BCUT2D eigenvalue weighted by Gasteiger charge is -2.03. The number of fused-ring (bicyclic) bond motifs is 1. The Kier molecular flexibility index (Phi) is 2.56. The Labute approximate surface area is 101 Å². The van der Waals surface area contributed by atoms with Gasteiger partial charge in [-0.3, -0.25) is 0 Å². The molecule has 0 radical (unpaired) electrons. The topological polar surface area (TPSA) is 39.1 Å². The summed E-state index contributed by atoms with van der Waals surface area (Å²) in [6, 6.07) is 6.85. The Morgan fingerprint density at radius 3 is 2.67 bits per heavy atom. The van der Waals surface area contributed by atoms with Crippen LogP contribution < -0.4 is 0 Å². The molecule has 0 aliphatic rings. The third-order valence-corrected chi connectivity index (χ3v) is 4.24. The molecule has 1 aromatic carbocycles. The molecule has 0 fully saturated rings. The van der Waals surface area contributed by atoms with Crippen LogP contribution in [0.2, 0.25) is 5.02 Å². The molecule has 80 valence electrons. The number of hydrogen-bond acceptors (Lipinski definition) is 2. The van der Waals surface area contributed by atoms with Crippen LogP contribution in [0.3, 0.4) is 0 Å². The van der Waals surface area contributed by atoms with Crippen LogP contribution in [0, 0.1) is 0 Å². The van der Waals surface area contributed by atoms with Crippen molar-refractivity contribution in [2.45, 2.75) is 0 Å². The second-order valence-corrected chi connectivity index (χ2v) is 6.22. The van der Waals surface area contributed by atoms with Gasteiger partial charge in [0, 0.05) is 5.39 Å². The second kappa shape index (κ2) is 3.50. The van der Waals surface area contributed by atoms with Crippen molar-refractivity contribution in [2.24, 2.45) is 0 Å². The van der Waals surface area contributed by atoms with Crippen LogP contribution in [0.15, 0.2) is 28.9 Å². The molecule has 0 atom stereocenters. The Bertz CT molecular complexity index is 633. The van der Waals surface area contributed by atoms with Crippen molar-refractivity contribution in [2.75, 3.05) is 6.26 Å². The number of hydrogen-bond donors (Lipinski definition) is 0. The van der Waals surface area contributed by atoms with Gasteiger partial charge in [0.15, 0.2) is 0 Å². The molecule has 2 rings (SSSR count). The summed E-state index contributed by atoms with van der Waals surface area (Å²) in [6.45, 7) is 0. The Balaban J connectivity index is 2.99. The first-order valence-electron chi connectivity index (χ1n) is 4.07. The lowest BCUT2D eigenvalue weighted by Crippen LogP contribution is -2.09. The zero-order valence-electron chi connectivity index (χ0n) is 7.74. The molecule has 2 aromatic rings. The minimum absolute atomic E-state index is 0.480. The van der Waals surface area contributed by atoms with E-state index in [1.54, 1.807) is 24.3 Å². The van der Waals surface area contributed by atoms with E-state index >= 15 is 0 Å². The minimum Gasteiger partial charge on any atom is -0.231 e. The minimum atomic E-state index is -3.32. The summed E-state index contributed by atoms with van der Waals surface area (Å²) in [4.78, 5) is 0. The zero-order chi connectivity index (χ0) is 11.2. The first-order chi connectivity index (χ1) is 6.91. The van der Waals surface area contributed by atoms with Gasteiger partial charge in [0.1, 0.15) is 4.60 Å². The van der Waals surface area contributed by atoms with Gasteiger partial charge in [0.25, 0.3) is 0 Å². The van der Waals surface area contributed by atoms with E-state index in [1.807, 2.05) is 0 Å². The van der Waals surface area contributed by atoms with E-state index in [0.29, 0.717) is 15.1 Å². The molecule has 0 spiro atoms. The highest BCUT2D eigenvalue weighted by molar-refractivity contribution is 9.10. The monoisotopic (exact) mass is 307 g/mol. The van der Waals surface area contributed by atoms with Crippen molar-refractivity contribution in [3.05, 3.63) is 33.9 Å². The SMILES string of the molecule is CS(=O)(=O)n1c(Br)cc2c(Cl)cccc21. The van der Waals surface area contributed by atoms with E-state index < -0.39 is 10.0 Å². The van der Waals surface area contributed by atoms with Crippen LogP contribution in [-0.4, -0.2) is 18.6 Å². The van der Waals surface area contributed by atoms with E-state index in [0.717, 1.165) is 11.6 Å². The number of rotatable bonds is 1. The molecule has 1 aromatic heterocycles. The molecule has 1 heterocycles. The van der Waals surface area contributed by atoms with Crippen LogP contribution >= 0.6 is 27.5 Å². The normalized spacial score (nSPS) is 12.2. The van der Waals surface area contributed by atoms with Crippen molar-refractivity contribution in [3.8, 4) is 0 Å². The molecule has 0 unspecified atom stereocenters. The predicted molar refractivity (Wildman–Crippen MR) is 64.9 cm³/mol. The summed E-state index contributed by atoms with van der Waals surface area (Å²) < 4.78 is 24.8. The standard InChI is InChI=1S/C9H7BrClNO2S/c1-15(13,14)12-8-4-2-3-7(11)6(8)5-9(12)10/h2-5H,1H3. The van der Waals surface area contributed by atoms with Gasteiger partial charge in [0.2, 0.25) is 10.0 Å². The van der Waals surface area contributed by atoms with Gasteiger partial charge in [0.05, 0.1) is 16.8 Å². The third kappa shape index (κ3) is 1.79. The van der Waals surface area contributed by atoms with Gasteiger partial charge in [-0.2, -0.15) is 0 Å². The molecular formula is C9H7BrClNO2S. The molecule has 0 aliphatic heterocycles. The van der Waals surface area contributed by atoms with E-state index in [-0.39, 0.29) is 0 Å². The van der Waals surface area contributed by atoms with Crippen LogP contribution in [0.4, 0.5) is 0 Å². The molecule has 0 N–H and O–H groups in total. The predicted octanol–water partition coefficient (Wildman–Crippen LogP) is 2.86. The van der Waals surface area contributed by atoms with E-state index in [1.165, 1.54) is 3.97 Å². The highest BCUT2D eigenvalue weighted by atomic mass is 79.9. The third-order valence-electron chi connectivity index (χ3n) is 2.04. The van der Waals surface area contributed by atoms with Gasteiger partial charge < -0.3 is 0 Å². The van der Waals surface area contributed by atoms with E-state index in [4.69, 9.17) is 11.6 Å². The Morgan fingerprint density at radius 1 is 1.40 bits per heavy atom. The zero-order valence-corrected chi connectivity index (χ0v) is 10.9. The van der Waals surface area contributed by atoms with Crippen molar-refractivity contribution in [3.63, 3.8) is 0 Å². The van der Waals surface area contributed by atoms with Crippen molar-refractivity contribution in [1.29, 1.82) is 0 Å². The summed E-state index contributed by atoms with van der Waals surface area (Å²) in [5, 5.41) is 1.26.